The molecule has 2 atom stereocenters. The molecular formula is C25H34N4O4. The normalized spacial score (nSPS) is 20.0. The van der Waals surface area contributed by atoms with Gasteiger partial charge in [0.15, 0.2) is 0 Å². The van der Waals surface area contributed by atoms with Gasteiger partial charge in [-0.3, -0.25) is 14.3 Å². The molecule has 2 aliphatic heterocycles. The first-order valence-corrected chi connectivity index (χ1v) is 11.8. The minimum absolute atomic E-state index is 0.00778. The van der Waals surface area contributed by atoms with E-state index in [2.05, 4.69) is 11.2 Å². The maximum absolute atomic E-state index is 13.2. The van der Waals surface area contributed by atoms with Crippen LogP contribution in [0.1, 0.15) is 41.7 Å². The van der Waals surface area contributed by atoms with E-state index < -0.39 is 0 Å². The summed E-state index contributed by atoms with van der Waals surface area (Å²) in [6.07, 6.45) is 5.71. The molecule has 33 heavy (non-hydrogen) atoms. The molecule has 3 heterocycles. The Hall–Kier alpha value is -2.87. The molecule has 1 aromatic heterocycles. The first-order valence-electron chi connectivity index (χ1n) is 11.8. The summed E-state index contributed by atoms with van der Waals surface area (Å²) in [6.45, 7) is 2.07. The van der Waals surface area contributed by atoms with Crippen LogP contribution in [0.2, 0.25) is 0 Å². The summed E-state index contributed by atoms with van der Waals surface area (Å²) in [6, 6.07) is 9.76. The number of hydrogen-bond donors (Lipinski definition) is 0. The summed E-state index contributed by atoms with van der Waals surface area (Å²) in [7, 11) is 5.34. The molecule has 0 saturated carbocycles. The number of methoxy groups -OCH3 is 1. The number of rotatable bonds is 7. The zero-order valence-electron chi connectivity index (χ0n) is 19.8. The highest BCUT2D eigenvalue weighted by atomic mass is 16.5. The Labute approximate surface area is 195 Å². The number of benzene rings is 1. The molecule has 0 aliphatic carbocycles. The second kappa shape index (κ2) is 10.4. The van der Waals surface area contributed by atoms with Gasteiger partial charge in [-0.15, -0.1) is 0 Å². The molecule has 2 saturated heterocycles. The van der Waals surface area contributed by atoms with Crippen molar-refractivity contribution in [2.45, 2.75) is 44.2 Å². The molecule has 0 unspecified atom stereocenters. The zero-order chi connectivity index (χ0) is 23.4. The highest BCUT2D eigenvalue weighted by Crippen LogP contribution is 2.29. The van der Waals surface area contributed by atoms with Gasteiger partial charge >= 0.3 is 0 Å². The number of likely N-dealkylation sites (N-methyl/N-ethyl adjacent to an activating group) is 1. The molecule has 8 nitrogen and oxygen atoms in total. The second-order valence-corrected chi connectivity index (χ2v) is 9.08. The monoisotopic (exact) mass is 454 g/mol. The lowest BCUT2D eigenvalue weighted by Gasteiger charge is -2.40. The fraction of sp³-hybridized carbons (Fsp3) is 0.560. The number of amides is 2. The van der Waals surface area contributed by atoms with Crippen LogP contribution in [-0.4, -0.2) is 77.4 Å². The Bertz CT molecular complexity index is 961. The van der Waals surface area contributed by atoms with Crippen molar-refractivity contribution in [1.82, 2.24) is 19.6 Å². The number of aryl methyl sites for hydroxylation is 1. The predicted molar refractivity (Wildman–Crippen MR) is 124 cm³/mol. The van der Waals surface area contributed by atoms with Crippen LogP contribution in [0.4, 0.5) is 0 Å². The van der Waals surface area contributed by atoms with Crippen molar-refractivity contribution in [3.05, 3.63) is 47.8 Å². The van der Waals surface area contributed by atoms with Crippen LogP contribution in [0, 0.1) is 5.92 Å². The van der Waals surface area contributed by atoms with Crippen LogP contribution >= 0.6 is 0 Å². The molecular weight excluding hydrogens is 420 g/mol. The van der Waals surface area contributed by atoms with Crippen LogP contribution in [0.15, 0.2) is 36.5 Å². The van der Waals surface area contributed by atoms with Gasteiger partial charge in [0, 0.05) is 46.0 Å². The topological polar surface area (TPSA) is 76.9 Å². The molecule has 4 rings (SSSR count). The van der Waals surface area contributed by atoms with Crippen LogP contribution in [0.25, 0.3) is 0 Å². The summed E-state index contributed by atoms with van der Waals surface area (Å²) in [5, 5.41) is 4.31. The zero-order valence-corrected chi connectivity index (χ0v) is 19.8. The molecule has 2 aliphatic rings. The molecule has 0 radical (unpaired) electrons. The smallest absolute Gasteiger partial charge is 0.274 e. The van der Waals surface area contributed by atoms with Crippen LogP contribution in [0.3, 0.4) is 0 Å². The second-order valence-electron chi connectivity index (χ2n) is 9.08. The fourth-order valence-corrected chi connectivity index (χ4v) is 5.00. The lowest BCUT2D eigenvalue weighted by Crippen LogP contribution is -2.50. The average Bonchev–Trinajstić information content (AvgIpc) is 3.54. The van der Waals surface area contributed by atoms with E-state index in [0.717, 1.165) is 43.4 Å². The van der Waals surface area contributed by atoms with Gasteiger partial charge in [-0.2, -0.15) is 5.10 Å². The molecule has 0 bridgehead atoms. The maximum Gasteiger partial charge on any atom is 0.274 e. The Balaban J connectivity index is 1.49. The summed E-state index contributed by atoms with van der Waals surface area (Å²) >= 11 is 0. The van der Waals surface area contributed by atoms with E-state index in [1.165, 1.54) is 0 Å². The molecule has 0 N–H and O–H groups in total. The number of piperidine rings is 1. The lowest BCUT2D eigenvalue weighted by atomic mass is 9.84. The molecule has 2 amide bonds. The number of carbonyl (C=O) groups excluding carboxylic acids is 2. The van der Waals surface area contributed by atoms with E-state index in [1.54, 1.807) is 24.1 Å². The molecule has 8 heteroatoms. The largest absolute Gasteiger partial charge is 0.497 e. The van der Waals surface area contributed by atoms with Crippen molar-refractivity contribution in [1.29, 1.82) is 0 Å². The van der Waals surface area contributed by atoms with Crippen molar-refractivity contribution in [2.75, 3.05) is 33.9 Å². The van der Waals surface area contributed by atoms with Gasteiger partial charge in [0.1, 0.15) is 17.5 Å². The molecule has 2 fully saturated rings. The van der Waals surface area contributed by atoms with Gasteiger partial charge in [0.25, 0.3) is 11.8 Å². The quantitative estimate of drug-likeness (QED) is 0.643. The summed E-state index contributed by atoms with van der Waals surface area (Å²) < 4.78 is 12.6. The third kappa shape index (κ3) is 5.38. The van der Waals surface area contributed by atoms with E-state index in [4.69, 9.17) is 9.47 Å². The van der Waals surface area contributed by atoms with Gasteiger partial charge in [0.2, 0.25) is 0 Å². The van der Waals surface area contributed by atoms with Crippen LogP contribution in [-0.2, 0) is 23.0 Å². The van der Waals surface area contributed by atoms with Crippen LogP contribution in [0.5, 0.6) is 5.75 Å². The summed E-state index contributed by atoms with van der Waals surface area (Å²) in [4.78, 5) is 29.8. The number of hydrogen-bond acceptors (Lipinski definition) is 5. The van der Waals surface area contributed by atoms with Crippen molar-refractivity contribution in [2.24, 2.45) is 13.0 Å². The molecule has 2 aromatic rings. The fourth-order valence-electron chi connectivity index (χ4n) is 5.00. The number of ether oxygens (including phenoxy) is 2. The van der Waals surface area contributed by atoms with E-state index in [9.17, 15) is 9.59 Å². The number of carbonyl (C=O) groups is 2. The lowest BCUT2D eigenvalue weighted by molar-refractivity contribution is -0.142. The third-order valence-corrected chi connectivity index (χ3v) is 6.93. The van der Waals surface area contributed by atoms with Crippen LogP contribution < -0.4 is 4.74 Å². The Morgan fingerprint density at radius 2 is 2.03 bits per heavy atom. The minimum atomic E-state index is -0.275. The maximum atomic E-state index is 13.2. The average molecular weight is 455 g/mol. The third-order valence-electron chi connectivity index (χ3n) is 6.93. The van der Waals surface area contributed by atoms with E-state index in [-0.39, 0.29) is 29.9 Å². The van der Waals surface area contributed by atoms with E-state index >= 15 is 0 Å². The minimum Gasteiger partial charge on any atom is -0.497 e. The highest BCUT2D eigenvalue weighted by Gasteiger charge is 2.36. The Morgan fingerprint density at radius 3 is 2.67 bits per heavy atom. The SMILES string of the molecule is COc1cccc(C[C@@H](C2CCN(C(=O)[C@@H]3CCCO3)CC2)N(C)C(=O)c2ccn(C)n2)c1. The predicted octanol–water partition coefficient (Wildman–Crippen LogP) is 2.53. The molecule has 1 aromatic carbocycles. The Kier molecular flexibility index (Phi) is 7.33. The van der Waals surface area contributed by atoms with Gasteiger partial charge < -0.3 is 19.3 Å². The standard InChI is InChI=1S/C25H34N4O4/c1-27-12-11-21(26-27)24(30)28(2)22(17-18-6-4-7-20(16-18)32-3)19-9-13-29(14-10-19)25(31)23-8-5-15-33-23/h4,6-7,11-12,16,19,22-23H,5,8-10,13-15,17H2,1-3H3/t22-,23-/m0/s1. The number of likely N-dealkylation sites (tertiary alicyclic amines) is 1. The number of aromatic nitrogens is 2. The highest BCUT2D eigenvalue weighted by molar-refractivity contribution is 5.92. The van der Waals surface area contributed by atoms with Gasteiger partial charge in [-0.25, -0.2) is 0 Å². The van der Waals surface area contributed by atoms with Crippen molar-refractivity contribution in [3.63, 3.8) is 0 Å². The van der Waals surface area contributed by atoms with Gasteiger partial charge in [0.05, 0.1) is 7.11 Å². The molecule has 0 spiro atoms. The van der Waals surface area contributed by atoms with Crippen molar-refractivity contribution < 1.29 is 19.1 Å². The van der Waals surface area contributed by atoms with Gasteiger partial charge in [-0.05, 0) is 61.8 Å². The summed E-state index contributed by atoms with van der Waals surface area (Å²) in [5.41, 5.74) is 1.57. The first-order chi connectivity index (χ1) is 16.0. The van der Waals surface area contributed by atoms with Crippen molar-refractivity contribution >= 4 is 11.8 Å². The van der Waals surface area contributed by atoms with E-state index in [1.807, 2.05) is 42.1 Å². The number of nitrogens with zero attached hydrogens (tertiary/aromatic N) is 4. The Morgan fingerprint density at radius 1 is 1.24 bits per heavy atom. The van der Waals surface area contributed by atoms with Crippen molar-refractivity contribution in [3.8, 4) is 5.75 Å². The molecule has 178 valence electrons. The van der Waals surface area contributed by atoms with E-state index in [0.29, 0.717) is 25.4 Å². The first kappa shape index (κ1) is 23.3. The summed E-state index contributed by atoms with van der Waals surface area (Å²) in [5.74, 6) is 1.12. The van der Waals surface area contributed by atoms with Gasteiger partial charge in [-0.1, -0.05) is 12.1 Å².